The average molecular weight is 218 g/mol. The third-order valence-corrected chi connectivity index (χ3v) is 2.12. The molecule has 4 heteroatoms. The maximum Gasteiger partial charge on any atom is 0.150 e. The van der Waals surface area contributed by atoms with Crippen LogP contribution in [0.3, 0.4) is 0 Å². The first-order valence-corrected chi connectivity index (χ1v) is 5.05. The van der Waals surface area contributed by atoms with Gasteiger partial charge in [-0.1, -0.05) is 33.9 Å². The van der Waals surface area contributed by atoms with Gasteiger partial charge in [0.15, 0.2) is 0 Å². The zero-order valence-electron chi connectivity index (χ0n) is 10.0. The Balaban J connectivity index is 3.66. The van der Waals surface area contributed by atoms with Crippen LogP contribution in [0.5, 0.6) is 0 Å². The molecule has 0 aliphatic heterocycles. The summed E-state index contributed by atoms with van der Waals surface area (Å²) in [5, 5.41) is 8.05. The lowest BCUT2D eigenvalue weighted by Crippen LogP contribution is -2.25. The number of aromatic amines is 1. The van der Waals surface area contributed by atoms with Crippen molar-refractivity contribution in [2.45, 2.75) is 26.2 Å². The maximum atomic E-state index is 5.68. The second-order valence-electron chi connectivity index (χ2n) is 4.66. The van der Waals surface area contributed by atoms with Crippen LogP contribution in [0.1, 0.15) is 26.5 Å². The molecule has 0 aliphatic rings. The first-order chi connectivity index (χ1) is 7.32. The molecule has 0 amide bonds. The summed E-state index contributed by atoms with van der Waals surface area (Å²) in [5.41, 5.74) is 6.41. The normalized spacial score (nSPS) is 10.9. The molecule has 1 aromatic heterocycles. The van der Waals surface area contributed by atoms with E-state index in [2.05, 4.69) is 49.1 Å². The second-order valence-corrected chi connectivity index (χ2v) is 4.66. The number of nitrogens with two attached hydrogens (primary N) is 1. The van der Waals surface area contributed by atoms with Crippen LogP contribution in [0.25, 0.3) is 13.2 Å². The Labute approximate surface area is 95.2 Å². The molecule has 1 aromatic rings. The van der Waals surface area contributed by atoms with Crippen molar-refractivity contribution in [1.29, 1.82) is 0 Å². The number of nitrogens with one attached hydrogen (secondary N) is 1. The monoisotopic (exact) mass is 218 g/mol. The summed E-state index contributed by atoms with van der Waals surface area (Å²) in [7, 11) is 0. The van der Waals surface area contributed by atoms with Gasteiger partial charge in [-0.25, -0.2) is 0 Å². The summed E-state index contributed by atoms with van der Waals surface area (Å²) in [5.74, 6) is 0.336. The van der Waals surface area contributed by atoms with Crippen molar-refractivity contribution in [1.82, 2.24) is 15.2 Å². The van der Waals surface area contributed by atoms with E-state index in [0.29, 0.717) is 16.4 Å². The number of nitrogens with zero attached hydrogens (tertiary/aromatic N) is 2. The van der Waals surface area contributed by atoms with Gasteiger partial charge in [0.1, 0.15) is 5.82 Å². The minimum atomic E-state index is -0.107. The minimum Gasteiger partial charge on any atom is -0.382 e. The number of hydrogen-bond donors (Lipinski definition) is 2. The predicted molar refractivity (Wildman–Crippen MR) is 67.4 cm³/mol. The molecule has 16 heavy (non-hydrogen) atoms. The predicted octanol–water partition coefficient (Wildman–Crippen LogP) is 0.629. The van der Waals surface area contributed by atoms with Gasteiger partial charge in [0.2, 0.25) is 0 Å². The van der Waals surface area contributed by atoms with Gasteiger partial charge in [-0.3, -0.25) is 10.1 Å². The maximum absolute atomic E-state index is 5.68. The smallest absolute Gasteiger partial charge is 0.150 e. The van der Waals surface area contributed by atoms with Crippen molar-refractivity contribution >= 4 is 19.0 Å². The molecular formula is C12H18N4. The van der Waals surface area contributed by atoms with Crippen LogP contribution in [0.2, 0.25) is 0 Å². The van der Waals surface area contributed by atoms with E-state index >= 15 is 0 Å². The second kappa shape index (κ2) is 4.35. The van der Waals surface area contributed by atoms with Crippen molar-refractivity contribution in [3.8, 4) is 0 Å². The Morgan fingerprint density at radius 2 is 1.94 bits per heavy atom. The van der Waals surface area contributed by atoms with Gasteiger partial charge >= 0.3 is 0 Å². The van der Waals surface area contributed by atoms with E-state index in [1.807, 2.05) is 0 Å². The van der Waals surface area contributed by atoms with Crippen molar-refractivity contribution in [3.63, 3.8) is 0 Å². The molecule has 4 nitrogen and oxygen atoms in total. The number of hydrogen-bond acceptors (Lipinski definition) is 3. The van der Waals surface area contributed by atoms with Crippen LogP contribution >= 0.6 is 0 Å². The lowest BCUT2D eigenvalue weighted by atomic mass is 9.92. The zero-order chi connectivity index (χ0) is 12.3. The summed E-state index contributed by atoms with van der Waals surface area (Å²) < 4.78 is 0. The van der Waals surface area contributed by atoms with Crippen molar-refractivity contribution < 1.29 is 0 Å². The zero-order valence-corrected chi connectivity index (χ0v) is 10.0. The van der Waals surface area contributed by atoms with E-state index in [0.717, 1.165) is 5.69 Å². The highest BCUT2D eigenvalue weighted by Gasteiger charge is 2.15. The molecule has 0 fully saturated rings. The third-order valence-electron chi connectivity index (χ3n) is 2.12. The highest BCUT2D eigenvalue weighted by molar-refractivity contribution is 5.29. The number of aromatic nitrogens is 3. The standard InChI is InChI=1S/C12H18N4/c1-8-6-7-14-10(12(3,4)5)9(2)15-16-11(8)13/h6-7,15H,1-2H2,3-5H3,(H2,13,16). The summed E-state index contributed by atoms with van der Waals surface area (Å²) in [4.78, 5) is 4.36. The van der Waals surface area contributed by atoms with E-state index in [1.165, 1.54) is 0 Å². The first kappa shape index (κ1) is 12.2. The fourth-order valence-corrected chi connectivity index (χ4v) is 1.26. The van der Waals surface area contributed by atoms with Gasteiger partial charge < -0.3 is 5.73 Å². The van der Waals surface area contributed by atoms with Gasteiger partial charge in [-0.2, -0.15) is 5.10 Å². The molecule has 0 saturated carbocycles. The van der Waals surface area contributed by atoms with Crippen LogP contribution in [0.15, 0.2) is 12.3 Å². The minimum absolute atomic E-state index is 0.107. The van der Waals surface area contributed by atoms with Crippen LogP contribution in [0.4, 0.5) is 5.82 Å². The molecule has 0 spiro atoms. The molecule has 0 unspecified atom stereocenters. The van der Waals surface area contributed by atoms with Gasteiger partial charge in [0.25, 0.3) is 0 Å². The van der Waals surface area contributed by atoms with Crippen LogP contribution in [-0.4, -0.2) is 15.2 Å². The Kier molecular flexibility index (Phi) is 3.32. The summed E-state index contributed by atoms with van der Waals surface area (Å²) >= 11 is 0. The molecular weight excluding hydrogens is 200 g/mol. The SMILES string of the molecule is C=c1ccnc(C(C)(C)C)c(=C)[nH]nc1N. The van der Waals surface area contributed by atoms with Gasteiger partial charge in [0, 0.05) is 16.8 Å². The Morgan fingerprint density at radius 3 is 2.50 bits per heavy atom. The third kappa shape index (κ3) is 2.82. The van der Waals surface area contributed by atoms with Gasteiger partial charge in [-0.05, 0) is 6.07 Å². The van der Waals surface area contributed by atoms with E-state index in [4.69, 9.17) is 5.73 Å². The van der Waals surface area contributed by atoms with Crippen LogP contribution < -0.4 is 16.3 Å². The van der Waals surface area contributed by atoms with Gasteiger partial charge in [0.05, 0.1) is 11.0 Å². The molecule has 3 N–H and O–H groups in total. The molecule has 0 atom stereocenters. The Hall–Kier alpha value is -1.84. The largest absolute Gasteiger partial charge is 0.382 e. The quantitative estimate of drug-likeness (QED) is 0.671. The topological polar surface area (TPSA) is 67.6 Å². The number of rotatable bonds is 0. The van der Waals surface area contributed by atoms with Crippen LogP contribution in [0, 0.1) is 0 Å². The summed E-state index contributed by atoms with van der Waals surface area (Å²) in [6.07, 6.45) is 1.67. The highest BCUT2D eigenvalue weighted by Crippen LogP contribution is 2.14. The highest BCUT2D eigenvalue weighted by atomic mass is 15.1. The van der Waals surface area contributed by atoms with Crippen LogP contribution in [-0.2, 0) is 5.41 Å². The average Bonchev–Trinajstić information content (AvgIpc) is 2.22. The van der Waals surface area contributed by atoms with Crippen molar-refractivity contribution in [3.05, 3.63) is 28.5 Å². The molecule has 0 aromatic carbocycles. The Bertz CT molecular complexity index is 521. The Morgan fingerprint density at radius 1 is 1.31 bits per heavy atom. The molecule has 86 valence electrons. The lowest BCUT2D eigenvalue weighted by molar-refractivity contribution is 0.561. The first-order valence-electron chi connectivity index (χ1n) is 5.05. The molecule has 0 bridgehead atoms. The van der Waals surface area contributed by atoms with E-state index in [-0.39, 0.29) is 5.41 Å². The van der Waals surface area contributed by atoms with Crippen molar-refractivity contribution in [2.75, 3.05) is 5.73 Å². The molecule has 1 heterocycles. The van der Waals surface area contributed by atoms with Crippen molar-refractivity contribution in [2.24, 2.45) is 0 Å². The van der Waals surface area contributed by atoms with E-state index < -0.39 is 0 Å². The van der Waals surface area contributed by atoms with E-state index in [1.54, 1.807) is 12.3 Å². The summed E-state index contributed by atoms with van der Waals surface area (Å²) in [6.45, 7) is 13.9. The number of H-pyrrole nitrogens is 1. The fourth-order valence-electron chi connectivity index (χ4n) is 1.26. The van der Waals surface area contributed by atoms with Gasteiger partial charge in [-0.15, -0.1) is 0 Å². The van der Waals surface area contributed by atoms with E-state index in [9.17, 15) is 0 Å². The number of nitrogen functional groups attached to an aromatic ring is 1. The molecule has 1 rings (SSSR count). The number of anilines is 1. The molecule has 0 radical (unpaired) electrons. The lowest BCUT2D eigenvalue weighted by Gasteiger charge is -2.16. The summed E-state index contributed by atoms with van der Waals surface area (Å²) in [6, 6.07) is 1.73. The molecule has 0 aliphatic carbocycles. The fraction of sp³-hybridized carbons (Fsp3) is 0.333. The molecule has 0 saturated heterocycles.